The van der Waals surface area contributed by atoms with Crippen molar-refractivity contribution >= 4 is 5.91 Å². The highest BCUT2D eigenvalue weighted by Gasteiger charge is 2.25. The maximum Gasteiger partial charge on any atom is 0.242 e. The van der Waals surface area contributed by atoms with Crippen LogP contribution < -0.4 is 11.3 Å². The van der Waals surface area contributed by atoms with Crippen molar-refractivity contribution in [1.82, 2.24) is 10.3 Å². The van der Waals surface area contributed by atoms with Gasteiger partial charge in [0.15, 0.2) is 0 Å². The molecule has 1 fully saturated rings. The van der Waals surface area contributed by atoms with Gasteiger partial charge in [0.25, 0.3) is 0 Å². The topological polar surface area (TPSA) is 58.4 Å². The van der Waals surface area contributed by atoms with Crippen LogP contribution in [-0.4, -0.2) is 30.4 Å². The van der Waals surface area contributed by atoms with Crippen LogP contribution in [0.5, 0.6) is 0 Å². The number of likely N-dealkylation sites (tertiary alicyclic amines) is 1. The number of nitrogens with two attached hydrogens (primary N) is 1. The lowest BCUT2D eigenvalue weighted by molar-refractivity contribution is -0.123. The Hall–Kier alpha value is -1.39. The van der Waals surface area contributed by atoms with Crippen molar-refractivity contribution in [1.29, 1.82) is 0 Å². The lowest BCUT2D eigenvalue weighted by atomic mass is 9.92. The van der Waals surface area contributed by atoms with E-state index in [0.717, 1.165) is 31.1 Å². The monoisotopic (exact) mass is 275 g/mol. The van der Waals surface area contributed by atoms with Crippen molar-refractivity contribution in [3.63, 3.8) is 0 Å². The Labute approximate surface area is 121 Å². The zero-order valence-electron chi connectivity index (χ0n) is 12.2. The van der Waals surface area contributed by atoms with Gasteiger partial charge in [0, 0.05) is 6.54 Å². The van der Waals surface area contributed by atoms with Crippen LogP contribution in [0.4, 0.5) is 0 Å². The second-order valence-electron chi connectivity index (χ2n) is 5.62. The molecule has 1 aliphatic heterocycles. The van der Waals surface area contributed by atoms with Gasteiger partial charge in [0.2, 0.25) is 5.91 Å². The molecular formula is C16H25N3O. The number of nitrogens with zero attached hydrogens (tertiary/aromatic N) is 1. The summed E-state index contributed by atoms with van der Waals surface area (Å²) in [6.07, 6.45) is 3.74. The lowest BCUT2D eigenvalue weighted by Crippen LogP contribution is -2.42. The van der Waals surface area contributed by atoms with E-state index in [1.54, 1.807) is 0 Å². The van der Waals surface area contributed by atoms with Gasteiger partial charge in [-0.1, -0.05) is 43.7 Å². The predicted octanol–water partition coefficient (Wildman–Crippen LogP) is 1.88. The highest BCUT2D eigenvalue weighted by molar-refractivity contribution is 5.83. The smallest absolute Gasteiger partial charge is 0.242 e. The molecule has 1 saturated heterocycles. The summed E-state index contributed by atoms with van der Waals surface area (Å²) in [5, 5.41) is 0. The quantitative estimate of drug-likeness (QED) is 0.490. The molecule has 0 radical (unpaired) electrons. The molecule has 1 heterocycles. The molecule has 4 heteroatoms. The second kappa shape index (κ2) is 7.41. The molecule has 1 unspecified atom stereocenters. The van der Waals surface area contributed by atoms with Crippen LogP contribution in [0, 0.1) is 5.92 Å². The van der Waals surface area contributed by atoms with Gasteiger partial charge in [0.1, 0.15) is 0 Å². The van der Waals surface area contributed by atoms with Gasteiger partial charge in [-0.2, -0.15) is 0 Å². The van der Waals surface area contributed by atoms with E-state index in [1.165, 1.54) is 19.3 Å². The Balaban J connectivity index is 2.00. The maximum atomic E-state index is 12.0. The molecule has 110 valence electrons. The van der Waals surface area contributed by atoms with Crippen molar-refractivity contribution in [3.05, 3.63) is 35.9 Å². The van der Waals surface area contributed by atoms with Crippen LogP contribution in [-0.2, 0) is 4.79 Å². The number of carbonyl (C=O) groups is 1. The van der Waals surface area contributed by atoms with Crippen molar-refractivity contribution in [3.8, 4) is 0 Å². The number of hydrogen-bond donors (Lipinski definition) is 2. The first-order valence-electron chi connectivity index (χ1n) is 7.52. The van der Waals surface area contributed by atoms with Gasteiger partial charge < -0.3 is 4.90 Å². The molecule has 0 saturated carbocycles. The summed E-state index contributed by atoms with van der Waals surface area (Å²) in [5.74, 6) is 5.91. The van der Waals surface area contributed by atoms with Crippen LogP contribution in [0.25, 0.3) is 0 Å². The first kappa shape index (κ1) is 15.0. The summed E-state index contributed by atoms with van der Waals surface area (Å²) in [6.45, 7) is 5.18. The largest absolute Gasteiger partial charge is 0.302 e. The fraction of sp³-hybridized carbons (Fsp3) is 0.562. The van der Waals surface area contributed by atoms with Crippen LogP contribution in [0.3, 0.4) is 0 Å². The fourth-order valence-electron chi connectivity index (χ4n) is 2.96. The molecular weight excluding hydrogens is 250 g/mol. The predicted molar refractivity (Wildman–Crippen MR) is 81.0 cm³/mol. The number of carbonyl (C=O) groups excluding carboxylic acids is 1. The zero-order chi connectivity index (χ0) is 14.4. The van der Waals surface area contributed by atoms with E-state index in [1.807, 2.05) is 30.3 Å². The average Bonchev–Trinajstić information content (AvgIpc) is 2.53. The van der Waals surface area contributed by atoms with E-state index in [2.05, 4.69) is 17.2 Å². The Morgan fingerprint density at radius 2 is 2.00 bits per heavy atom. The van der Waals surface area contributed by atoms with Gasteiger partial charge in [-0.25, -0.2) is 5.84 Å². The maximum absolute atomic E-state index is 12.0. The average molecular weight is 275 g/mol. The molecule has 4 nitrogen and oxygen atoms in total. The molecule has 20 heavy (non-hydrogen) atoms. The fourth-order valence-corrected chi connectivity index (χ4v) is 2.96. The van der Waals surface area contributed by atoms with E-state index in [-0.39, 0.29) is 11.8 Å². The van der Waals surface area contributed by atoms with Gasteiger partial charge in [-0.3, -0.25) is 10.2 Å². The molecule has 0 bridgehead atoms. The summed E-state index contributed by atoms with van der Waals surface area (Å²) in [6, 6.07) is 9.90. The molecule has 0 aromatic heterocycles. The number of nitrogens with one attached hydrogen (secondary N) is 1. The third-order valence-corrected chi connectivity index (χ3v) is 4.39. The Morgan fingerprint density at radius 1 is 1.35 bits per heavy atom. The molecule has 0 aliphatic carbocycles. The molecule has 2 rings (SSSR count). The SMILES string of the molecule is CCC1CCN(CC(C(=O)NN)c2ccccc2)CC1. The lowest BCUT2D eigenvalue weighted by Gasteiger charge is -2.33. The molecule has 1 aromatic carbocycles. The first-order chi connectivity index (χ1) is 9.74. The van der Waals surface area contributed by atoms with Gasteiger partial charge >= 0.3 is 0 Å². The highest BCUT2D eigenvalue weighted by Crippen LogP contribution is 2.23. The normalized spacial score (nSPS) is 18.7. The van der Waals surface area contributed by atoms with Crippen molar-refractivity contribution < 1.29 is 4.79 Å². The summed E-state index contributed by atoms with van der Waals surface area (Å²) in [7, 11) is 0. The van der Waals surface area contributed by atoms with Gasteiger partial charge in [0.05, 0.1) is 5.92 Å². The minimum Gasteiger partial charge on any atom is -0.302 e. The van der Waals surface area contributed by atoms with E-state index < -0.39 is 0 Å². The number of amides is 1. The molecule has 3 N–H and O–H groups in total. The van der Waals surface area contributed by atoms with Gasteiger partial charge in [-0.15, -0.1) is 0 Å². The van der Waals surface area contributed by atoms with E-state index in [4.69, 9.17) is 5.84 Å². The molecule has 1 aromatic rings. The van der Waals surface area contributed by atoms with E-state index in [0.29, 0.717) is 0 Å². The number of hydrogen-bond acceptors (Lipinski definition) is 3. The Kier molecular flexibility index (Phi) is 5.56. The van der Waals surface area contributed by atoms with Crippen LogP contribution in [0.1, 0.15) is 37.7 Å². The summed E-state index contributed by atoms with van der Waals surface area (Å²) >= 11 is 0. The van der Waals surface area contributed by atoms with Crippen LogP contribution in [0.2, 0.25) is 0 Å². The standard InChI is InChI=1S/C16H25N3O/c1-2-13-8-10-19(11-9-13)12-15(16(20)18-17)14-6-4-3-5-7-14/h3-7,13,15H,2,8-12,17H2,1H3,(H,18,20). The van der Waals surface area contributed by atoms with Crippen LogP contribution in [0.15, 0.2) is 30.3 Å². The zero-order valence-corrected chi connectivity index (χ0v) is 12.2. The number of hydrazine groups is 1. The molecule has 0 spiro atoms. The van der Waals surface area contributed by atoms with Crippen LogP contribution >= 0.6 is 0 Å². The summed E-state index contributed by atoms with van der Waals surface area (Å²) in [4.78, 5) is 14.4. The molecule has 1 atom stereocenters. The summed E-state index contributed by atoms with van der Waals surface area (Å²) in [5.41, 5.74) is 3.34. The van der Waals surface area contributed by atoms with E-state index >= 15 is 0 Å². The van der Waals surface area contributed by atoms with Crippen molar-refractivity contribution in [2.24, 2.45) is 11.8 Å². The van der Waals surface area contributed by atoms with Gasteiger partial charge in [-0.05, 0) is 37.4 Å². The van der Waals surface area contributed by atoms with Crippen molar-refractivity contribution in [2.75, 3.05) is 19.6 Å². The number of rotatable bonds is 5. The van der Waals surface area contributed by atoms with Crippen molar-refractivity contribution in [2.45, 2.75) is 32.1 Å². The highest BCUT2D eigenvalue weighted by atomic mass is 16.2. The minimum atomic E-state index is -0.181. The number of piperidine rings is 1. The third kappa shape index (κ3) is 3.81. The molecule has 1 aliphatic rings. The first-order valence-corrected chi connectivity index (χ1v) is 7.52. The third-order valence-electron chi connectivity index (χ3n) is 4.39. The summed E-state index contributed by atoms with van der Waals surface area (Å²) < 4.78 is 0. The second-order valence-corrected chi connectivity index (χ2v) is 5.62. The van der Waals surface area contributed by atoms with E-state index in [9.17, 15) is 4.79 Å². The Bertz CT molecular complexity index is 413. The Morgan fingerprint density at radius 3 is 2.55 bits per heavy atom. The number of benzene rings is 1. The molecule has 1 amide bonds. The minimum absolute atomic E-state index is 0.103.